The summed E-state index contributed by atoms with van der Waals surface area (Å²) in [7, 11) is 0. The zero-order valence-corrected chi connectivity index (χ0v) is 17.0. The standard InChI is InChI=1S/C22H17FN2OS2/c1-14-12-16(15(2)24(14)19-11-7-6-10-18(19)23)13-20-21(26)25(22(27)28-20)17-8-4-3-5-9-17/h3-13H,1-2H3/b20-13+. The summed E-state index contributed by atoms with van der Waals surface area (Å²) in [6, 6.07) is 18.0. The van der Waals surface area contributed by atoms with Gasteiger partial charge in [-0.05, 0) is 55.8 Å². The van der Waals surface area contributed by atoms with Gasteiger partial charge in [0, 0.05) is 11.4 Å². The van der Waals surface area contributed by atoms with Crippen molar-refractivity contribution >= 4 is 46.0 Å². The number of aryl methyl sites for hydroxylation is 1. The van der Waals surface area contributed by atoms with Crippen LogP contribution in [0.15, 0.2) is 65.6 Å². The quantitative estimate of drug-likeness (QED) is 0.414. The fourth-order valence-electron chi connectivity index (χ4n) is 3.35. The Balaban J connectivity index is 1.73. The number of nitrogens with zero attached hydrogens (tertiary/aromatic N) is 2. The molecule has 140 valence electrons. The largest absolute Gasteiger partial charge is 0.315 e. The van der Waals surface area contributed by atoms with Crippen LogP contribution < -0.4 is 4.90 Å². The van der Waals surface area contributed by atoms with Crippen LogP contribution in [0, 0.1) is 19.7 Å². The molecule has 1 aliphatic rings. The van der Waals surface area contributed by atoms with Crippen LogP contribution in [0.1, 0.15) is 17.0 Å². The van der Waals surface area contributed by atoms with Crippen molar-refractivity contribution in [3.8, 4) is 5.69 Å². The van der Waals surface area contributed by atoms with Gasteiger partial charge in [-0.15, -0.1) is 0 Å². The number of carbonyl (C=O) groups excluding carboxylic acids is 1. The number of rotatable bonds is 3. The van der Waals surface area contributed by atoms with Crippen molar-refractivity contribution < 1.29 is 9.18 Å². The fraction of sp³-hybridized carbons (Fsp3) is 0.0909. The molecule has 0 radical (unpaired) electrons. The number of carbonyl (C=O) groups is 1. The Kier molecular flexibility index (Phi) is 4.91. The van der Waals surface area contributed by atoms with Gasteiger partial charge in [0.15, 0.2) is 4.32 Å². The van der Waals surface area contributed by atoms with E-state index in [1.165, 1.54) is 17.8 Å². The predicted octanol–water partition coefficient (Wildman–Crippen LogP) is 5.64. The summed E-state index contributed by atoms with van der Waals surface area (Å²) in [5, 5.41) is 0. The molecule has 0 saturated carbocycles. The Morgan fingerprint density at radius 3 is 2.43 bits per heavy atom. The second-order valence-electron chi connectivity index (χ2n) is 6.47. The summed E-state index contributed by atoms with van der Waals surface area (Å²) >= 11 is 6.70. The molecule has 0 spiro atoms. The van der Waals surface area contributed by atoms with Crippen LogP contribution in [-0.2, 0) is 4.79 Å². The van der Waals surface area contributed by atoms with E-state index in [9.17, 15) is 9.18 Å². The second-order valence-corrected chi connectivity index (χ2v) is 8.14. The molecular formula is C22H17FN2OS2. The van der Waals surface area contributed by atoms with E-state index >= 15 is 0 Å². The van der Waals surface area contributed by atoms with Gasteiger partial charge in [-0.25, -0.2) is 4.39 Å². The lowest BCUT2D eigenvalue weighted by Gasteiger charge is -2.13. The Hall–Kier alpha value is -2.70. The number of benzene rings is 2. The minimum absolute atomic E-state index is 0.142. The summed E-state index contributed by atoms with van der Waals surface area (Å²) < 4.78 is 16.6. The number of thioether (sulfide) groups is 1. The number of aromatic nitrogens is 1. The topological polar surface area (TPSA) is 25.2 Å². The molecule has 0 atom stereocenters. The first-order valence-corrected chi connectivity index (χ1v) is 9.96. The lowest BCUT2D eigenvalue weighted by molar-refractivity contribution is -0.113. The molecular weight excluding hydrogens is 391 g/mol. The third-order valence-corrected chi connectivity index (χ3v) is 5.96. The first-order chi connectivity index (χ1) is 13.5. The van der Waals surface area contributed by atoms with Crippen molar-refractivity contribution in [1.82, 2.24) is 4.57 Å². The van der Waals surface area contributed by atoms with Crippen LogP contribution in [0.2, 0.25) is 0 Å². The summed E-state index contributed by atoms with van der Waals surface area (Å²) in [6.07, 6.45) is 1.84. The molecule has 1 aliphatic heterocycles. The van der Waals surface area contributed by atoms with Crippen LogP contribution >= 0.6 is 24.0 Å². The van der Waals surface area contributed by atoms with Crippen molar-refractivity contribution in [2.75, 3.05) is 4.90 Å². The van der Waals surface area contributed by atoms with Crippen LogP contribution in [0.4, 0.5) is 10.1 Å². The first kappa shape index (κ1) is 18.7. The van der Waals surface area contributed by atoms with Gasteiger partial charge < -0.3 is 4.57 Å². The highest BCUT2D eigenvalue weighted by molar-refractivity contribution is 8.27. The molecule has 6 heteroatoms. The Morgan fingerprint density at radius 2 is 1.71 bits per heavy atom. The molecule has 1 saturated heterocycles. The molecule has 4 rings (SSSR count). The molecule has 28 heavy (non-hydrogen) atoms. The zero-order chi connectivity index (χ0) is 19.8. The highest BCUT2D eigenvalue weighted by Crippen LogP contribution is 2.36. The van der Waals surface area contributed by atoms with Crippen molar-refractivity contribution in [3.63, 3.8) is 0 Å². The van der Waals surface area contributed by atoms with E-state index in [2.05, 4.69) is 0 Å². The maximum absolute atomic E-state index is 14.3. The SMILES string of the molecule is Cc1cc(/C=C2/SC(=S)N(c3ccccc3)C2=O)c(C)n1-c1ccccc1F. The van der Waals surface area contributed by atoms with Gasteiger partial charge in [0.1, 0.15) is 5.82 Å². The second kappa shape index (κ2) is 7.37. The van der Waals surface area contributed by atoms with E-state index in [1.807, 2.05) is 67.0 Å². The van der Waals surface area contributed by atoms with Gasteiger partial charge in [-0.1, -0.05) is 54.3 Å². The van der Waals surface area contributed by atoms with Crippen LogP contribution in [0.25, 0.3) is 11.8 Å². The molecule has 2 heterocycles. The molecule has 1 amide bonds. The van der Waals surface area contributed by atoms with Gasteiger partial charge in [0.25, 0.3) is 5.91 Å². The number of hydrogen-bond donors (Lipinski definition) is 0. The molecule has 0 bridgehead atoms. The van der Waals surface area contributed by atoms with Gasteiger partial charge in [0.05, 0.1) is 16.3 Å². The highest BCUT2D eigenvalue weighted by Gasteiger charge is 2.33. The summed E-state index contributed by atoms with van der Waals surface area (Å²) in [5.74, 6) is -0.428. The average Bonchev–Trinajstić information content (AvgIpc) is 3.12. The number of hydrogen-bond acceptors (Lipinski definition) is 3. The monoisotopic (exact) mass is 408 g/mol. The Morgan fingerprint density at radius 1 is 1.04 bits per heavy atom. The number of para-hydroxylation sites is 2. The summed E-state index contributed by atoms with van der Waals surface area (Å²) in [6.45, 7) is 3.84. The summed E-state index contributed by atoms with van der Waals surface area (Å²) in [5.41, 5.74) is 3.88. The van der Waals surface area contributed by atoms with Crippen LogP contribution in [-0.4, -0.2) is 14.8 Å². The van der Waals surface area contributed by atoms with E-state index in [-0.39, 0.29) is 11.7 Å². The molecule has 3 aromatic rings. The minimum atomic E-state index is -0.286. The fourth-order valence-corrected chi connectivity index (χ4v) is 4.64. The zero-order valence-electron chi connectivity index (χ0n) is 15.3. The van der Waals surface area contributed by atoms with Gasteiger partial charge in [0.2, 0.25) is 0 Å². The number of amides is 1. The molecule has 3 nitrogen and oxygen atoms in total. The molecule has 2 aromatic carbocycles. The van der Waals surface area contributed by atoms with Gasteiger partial charge >= 0.3 is 0 Å². The summed E-state index contributed by atoms with van der Waals surface area (Å²) in [4.78, 5) is 15.0. The number of halogens is 1. The van der Waals surface area contributed by atoms with Crippen molar-refractivity contribution in [2.24, 2.45) is 0 Å². The van der Waals surface area contributed by atoms with E-state index < -0.39 is 0 Å². The predicted molar refractivity (Wildman–Crippen MR) is 117 cm³/mol. The third kappa shape index (κ3) is 3.19. The normalized spacial score (nSPS) is 15.7. The Bertz CT molecular complexity index is 1120. The molecule has 0 unspecified atom stereocenters. The van der Waals surface area contributed by atoms with E-state index in [0.717, 1.165) is 22.6 Å². The van der Waals surface area contributed by atoms with Crippen molar-refractivity contribution in [2.45, 2.75) is 13.8 Å². The van der Waals surface area contributed by atoms with Gasteiger partial charge in [-0.2, -0.15) is 0 Å². The maximum Gasteiger partial charge on any atom is 0.270 e. The smallest absolute Gasteiger partial charge is 0.270 e. The molecule has 0 N–H and O–H groups in total. The van der Waals surface area contributed by atoms with E-state index in [0.29, 0.717) is 14.9 Å². The third-order valence-electron chi connectivity index (χ3n) is 4.66. The number of thiocarbonyl (C=S) groups is 1. The van der Waals surface area contributed by atoms with E-state index in [4.69, 9.17) is 12.2 Å². The highest BCUT2D eigenvalue weighted by atomic mass is 32.2. The first-order valence-electron chi connectivity index (χ1n) is 8.74. The van der Waals surface area contributed by atoms with Crippen LogP contribution in [0.5, 0.6) is 0 Å². The molecule has 0 aliphatic carbocycles. The molecule has 1 fully saturated rings. The lowest BCUT2D eigenvalue weighted by atomic mass is 10.2. The lowest BCUT2D eigenvalue weighted by Crippen LogP contribution is -2.27. The molecule has 1 aromatic heterocycles. The van der Waals surface area contributed by atoms with E-state index in [1.54, 1.807) is 17.0 Å². The van der Waals surface area contributed by atoms with Crippen molar-refractivity contribution in [3.05, 3.63) is 88.3 Å². The maximum atomic E-state index is 14.3. The van der Waals surface area contributed by atoms with Gasteiger partial charge in [-0.3, -0.25) is 9.69 Å². The minimum Gasteiger partial charge on any atom is -0.315 e. The van der Waals surface area contributed by atoms with Crippen molar-refractivity contribution in [1.29, 1.82) is 0 Å². The Labute approximate surface area is 172 Å². The van der Waals surface area contributed by atoms with Crippen LogP contribution in [0.3, 0.4) is 0 Å². The number of anilines is 1. The average molecular weight is 409 g/mol.